The van der Waals surface area contributed by atoms with E-state index in [-0.39, 0.29) is 18.3 Å². The molecule has 5 nitrogen and oxygen atoms in total. The zero-order chi connectivity index (χ0) is 15.9. The molecule has 0 aliphatic carbocycles. The number of nitrogens with zero attached hydrogens (tertiary/aromatic N) is 3. The van der Waals surface area contributed by atoms with E-state index in [1.807, 2.05) is 36.2 Å². The van der Waals surface area contributed by atoms with Gasteiger partial charge in [0, 0.05) is 30.7 Å². The van der Waals surface area contributed by atoms with Crippen LogP contribution in [0.2, 0.25) is 0 Å². The van der Waals surface area contributed by atoms with Gasteiger partial charge >= 0.3 is 0 Å². The molecular formula is C17H23ClN4O. The van der Waals surface area contributed by atoms with E-state index in [0.717, 1.165) is 35.5 Å². The normalized spacial score (nSPS) is 13.7. The summed E-state index contributed by atoms with van der Waals surface area (Å²) >= 11 is 0. The van der Waals surface area contributed by atoms with Crippen LogP contribution in [0.15, 0.2) is 24.3 Å². The minimum absolute atomic E-state index is 0. The highest BCUT2D eigenvalue weighted by atomic mass is 35.5. The lowest BCUT2D eigenvalue weighted by Crippen LogP contribution is -2.36. The van der Waals surface area contributed by atoms with Gasteiger partial charge < -0.3 is 10.6 Å². The minimum atomic E-state index is -0.0472. The van der Waals surface area contributed by atoms with E-state index in [1.165, 1.54) is 0 Å². The molecule has 6 heteroatoms. The number of benzene rings is 1. The van der Waals surface area contributed by atoms with Gasteiger partial charge in [-0.15, -0.1) is 12.4 Å². The number of aryl methyl sites for hydroxylation is 1. The van der Waals surface area contributed by atoms with E-state index in [2.05, 4.69) is 18.9 Å². The lowest BCUT2D eigenvalue weighted by atomic mass is 9.99. The number of hydrogen-bond donors (Lipinski definition) is 1. The van der Waals surface area contributed by atoms with Crippen molar-refractivity contribution in [3.05, 3.63) is 41.2 Å². The summed E-state index contributed by atoms with van der Waals surface area (Å²) in [6.45, 7) is 4.91. The maximum Gasteiger partial charge on any atom is 0.278 e. The summed E-state index contributed by atoms with van der Waals surface area (Å²) in [4.78, 5) is 14.7. The summed E-state index contributed by atoms with van der Waals surface area (Å²) in [5.41, 5.74) is 10.4. The van der Waals surface area contributed by atoms with Gasteiger partial charge in [-0.1, -0.05) is 19.9 Å². The molecule has 23 heavy (non-hydrogen) atoms. The fraction of sp³-hybridized carbons (Fsp3) is 0.412. The molecule has 0 bridgehead atoms. The highest BCUT2D eigenvalue weighted by Gasteiger charge is 2.26. The van der Waals surface area contributed by atoms with E-state index < -0.39 is 0 Å². The van der Waals surface area contributed by atoms with Gasteiger partial charge in [-0.2, -0.15) is 5.10 Å². The number of amides is 1. The molecule has 0 unspecified atom stereocenters. The Labute approximate surface area is 142 Å². The van der Waals surface area contributed by atoms with Crippen LogP contribution in [0.3, 0.4) is 0 Å². The Hall–Kier alpha value is -2.01. The molecule has 3 rings (SSSR count). The van der Waals surface area contributed by atoms with Crippen LogP contribution < -0.4 is 10.6 Å². The van der Waals surface area contributed by atoms with Gasteiger partial charge in [-0.3, -0.25) is 9.48 Å². The van der Waals surface area contributed by atoms with Crippen molar-refractivity contribution in [3.63, 3.8) is 0 Å². The van der Waals surface area contributed by atoms with Crippen molar-refractivity contribution < 1.29 is 4.79 Å². The number of halogens is 1. The molecule has 0 saturated heterocycles. The van der Waals surface area contributed by atoms with Crippen LogP contribution in [0.1, 0.15) is 47.9 Å². The third-order valence-corrected chi connectivity index (χ3v) is 4.26. The van der Waals surface area contributed by atoms with Crippen molar-refractivity contribution in [3.8, 4) is 0 Å². The van der Waals surface area contributed by atoms with Crippen molar-refractivity contribution in [2.24, 2.45) is 7.05 Å². The second kappa shape index (κ2) is 6.62. The van der Waals surface area contributed by atoms with Gasteiger partial charge in [-0.05, 0) is 42.5 Å². The first kappa shape index (κ1) is 17.3. The molecule has 2 heterocycles. The molecule has 124 valence electrons. The number of fused-ring (bicyclic) bond motifs is 1. The largest absolute Gasteiger partial charge is 0.398 e. The van der Waals surface area contributed by atoms with E-state index in [0.29, 0.717) is 18.2 Å². The quantitative estimate of drug-likeness (QED) is 0.858. The predicted molar refractivity (Wildman–Crippen MR) is 95.4 cm³/mol. The number of nitrogens with two attached hydrogens (primary N) is 1. The Morgan fingerprint density at radius 3 is 2.74 bits per heavy atom. The first-order valence-electron chi connectivity index (χ1n) is 7.72. The molecule has 1 aliphatic rings. The number of rotatable bonds is 2. The molecule has 1 aliphatic heterocycles. The number of carbonyl (C=O) groups is 1. The number of carbonyl (C=O) groups excluding carboxylic acids is 1. The second-order valence-electron chi connectivity index (χ2n) is 6.14. The Balaban J connectivity index is 0.00000192. The Morgan fingerprint density at radius 2 is 2.09 bits per heavy atom. The number of nitrogen functional groups attached to an aromatic ring is 1. The third kappa shape index (κ3) is 3.06. The van der Waals surface area contributed by atoms with Gasteiger partial charge in [-0.25, -0.2) is 0 Å². The predicted octanol–water partition coefficient (Wildman–Crippen LogP) is 3.14. The molecule has 1 aromatic carbocycles. The SMILES string of the molecule is CC(C)c1cc(C(=O)N2CCCc3c(N)cccc32)nn1C.Cl. The summed E-state index contributed by atoms with van der Waals surface area (Å²) in [5.74, 6) is 0.289. The van der Waals surface area contributed by atoms with Crippen molar-refractivity contribution >= 4 is 29.7 Å². The van der Waals surface area contributed by atoms with Crippen LogP contribution in [0.4, 0.5) is 11.4 Å². The third-order valence-electron chi connectivity index (χ3n) is 4.26. The van der Waals surface area contributed by atoms with Crippen LogP contribution in [0, 0.1) is 0 Å². The maximum atomic E-state index is 12.9. The summed E-state index contributed by atoms with van der Waals surface area (Å²) < 4.78 is 1.79. The van der Waals surface area contributed by atoms with Crippen LogP contribution in [-0.2, 0) is 13.5 Å². The molecule has 1 aromatic heterocycles. The lowest BCUT2D eigenvalue weighted by Gasteiger charge is -2.29. The minimum Gasteiger partial charge on any atom is -0.398 e. The fourth-order valence-corrected chi connectivity index (χ4v) is 3.13. The summed E-state index contributed by atoms with van der Waals surface area (Å²) in [5, 5.41) is 4.40. The molecule has 2 aromatic rings. The van der Waals surface area contributed by atoms with E-state index >= 15 is 0 Å². The Kier molecular flexibility index (Phi) is 5.00. The summed E-state index contributed by atoms with van der Waals surface area (Å²) in [6, 6.07) is 7.66. The molecule has 0 spiro atoms. The van der Waals surface area contributed by atoms with Crippen molar-refractivity contribution in [1.82, 2.24) is 9.78 Å². The standard InChI is InChI=1S/C17H22N4O.ClH/c1-11(2)16-10-14(19-20(16)3)17(22)21-9-5-6-12-13(18)7-4-8-15(12)21;/h4,7-8,10-11H,5-6,9,18H2,1-3H3;1H. The molecular weight excluding hydrogens is 312 g/mol. The summed E-state index contributed by atoms with van der Waals surface area (Å²) in [7, 11) is 1.88. The van der Waals surface area contributed by atoms with E-state index in [9.17, 15) is 4.79 Å². The molecule has 1 amide bonds. The van der Waals surface area contributed by atoms with Crippen molar-refractivity contribution in [1.29, 1.82) is 0 Å². The number of hydrogen-bond acceptors (Lipinski definition) is 3. The van der Waals surface area contributed by atoms with Gasteiger partial charge in [0.2, 0.25) is 0 Å². The van der Waals surface area contributed by atoms with Gasteiger partial charge in [0.25, 0.3) is 5.91 Å². The highest BCUT2D eigenvalue weighted by molar-refractivity contribution is 6.06. The Bertz CT molecular complexity index is 723. The van der Waals surface area contributed by atoms with Gasteiger partial charge in [0.1, 0.15) is 0 Å². The summed E-state index contributed by atoms with van der Waals surface area (Å²) in [6.07, 6.45) is 1.85. The molecule has 0 radical (unpaired) electrons. The topological polar surface area (TPSA) is 64.2 Å². The zero-order valence-electron chi connectivity index (χ0n) is 13.7. The highest BCUT2D eigenvalue weighted by Crippen LogP contribution is 2.32. The van der Waals surface area contributed by atoms with Crippen molar-refractivity contribution in [2.45, 2.75) is 32.6 Å². The first-order chi connectivity index (χ1) is 10.5. The maximum absolute atomic E-state index is 12.9. The van der Waals surface area contributed by atoms with Gasteiger partial charge in [0.15, 0.2) is 5.69 Å². The Morgan fingerprint density at radius 1 is 1.35 bits per heavy atom. The fourth-order valence-electron chi connectivity index (χ4n) is 3.13. The molecule has 0 atom stereocenters. The van der Waals surface area contributed by atoms with Crippen LogP contribution in [-0.4, -0.2) is 22.2 Å². The van der Waals surface area contributed by atoms with Crippen LogP contribution in [0.25, 0.3) is 0 Å². The zero-order valence-corrected chi connectivity index (χ0v) is 14.6. The van der Waals surface area contributed by atoms with E-state index in [4.69, 9.17) is 5.73 Å². The molecule has 0 fully saturated rings. The molecule has 0 saturated carbocycles. The average molecular weight is 335 g/mol. The average Bonchev–Trinajstić information content (AvgIpc) is 2.89. The number of anilines is 2. The number of aromatic nitrogens is 2. The van der Waals surface area contributed by atoms with Crippen LogP contribution >= 0.6 is 12.4 Å². The van der Waals surface area contributed by atoms with E-state index in [1.54, 1.807) is 4.68 Å². The smallest absolute Gasteiger partial charge is 0.278 e. The second-order valence-corrected chi connectivity index (χ2v) is 6.14. The lowest BCUT2D eigenvalue weighted by molar-refractivity contribution is 0.0979. The molecule has 2 N–H and O–H groups in total. The van der Waals surface area contributed by atoms with Gasteiger partial charge in [0.05, 0.1) is 0 Å². The van der Waals surface area contributed by atoms with Crippen molar-refractivity contribution in [2.75, 3.05) is 17.2 Å². The first-order valence-corrected chi connectivity index (χ1v) is 7.72. The monoisotopic (exact) mass is 334 g/mol. The van der Waals surface area contributed by atoms with Crippen LogP contribution in [0.5, 0.6) is 0 Å².